The molecule has 0 aliphatic carbocycles. The lowest BCUT2D eigenvalue weighted by atomic mass is 10.1. The Kier molecular flexibility index (Phi) is 3.77. The van der Waals surface area contributed by atoms with Gasteiger partial charge in [-0.05, 0) is 48.9 Å². The van der Waals surface area contributed by atoms with Crippen molar-refractivity contribution in [1.82, 2.24) is 0 Å². The predicted molar refractivity (Wildman–Crippen MR) is 73.2 cm³/mol. The van der Waals surface area contributed by atoms with Crippen molar-refractivity contribution in [1.29, 1.82) is 0 Å². The topological polar surface area (TPSA) is 29.1 Å². The van der Waals surface area contributed by atoms with Crippen LogP contribution in [-0.2, 0) is 0 Å². The lowest BCUT2D eigenvalue weighted by Crippen LogP contribution is -2.12. The van der Waals surface area contributed by atoms with Crippen molar-refractivity contribution >= 4 is 27.5 Å². The van der Waals surface area contributed by atoms with Crippen molar-refractivity contribution < 1.29 is 9.18 Å². The average Bonchev–Trinajstić information content (AvgIpc) is 2.34. The van der Waals surface area contributed by atoms with Gasteiger partial charge < -0.3 is 5.32 Å². The summed E-state index contributed by atoms with van der Waals surface area (Å²) in [6, 6.07) is 11.3. The standard InChI is InChI=1S/C14H11BrFNO/c1-9-2-7-12(16)8-13(9)17-14(18)10-3-5-11(15)6-4-10/h2-8H,1H3,(H,17,18). The van der Waals surface area contributed by atoms with Crippen LogP contribution in [0.4, 0.5) is 10.1 Å². The van der Waals surface area contributed by atoms with Gasteiger partial charge in [0.25, 0.3) is 5.91 Å². The molecule has 0 saturated carbocycles. The first-order valence-corrected chi connectivity index (χ1v) is 6.18. The zero-order chi connectivity index (χ0) is 13.1. The summed E-state index contributed by atoms with van der Waals surface area (Å²) in [5.41, 5.74) is 1.84. The molecule has 2 aromatic rings. The van der Waals surface area contributed by atoms with Gasteiger partial charge in [0.15, 0.2) is 0 Å². The van der Waals surface area contributed by atoms with E-state index in [0.717, 1.165) is 10.0 Å². The number of benzene rings is 2. The third-order valence-electron chi connectivity index (χ3n) is 2.55. The van der Waals surface area contributed by atoms with E-state index in [2.05, 4.69) is 21.2 Å². The minimum Gasteiger partial charge on any atom is -0.322 e. The second kappa shape index (κ2) is 5.31. The monoisotopic (exact) mass is 307 g/mol. The Hall–Kier alpha value is -1.68. The molecule has 0 bridgehead atoms. The Morgan fingerprint density at radius 2 is 1.83 bits per heavy atom. The highest BCUT2D eigenvalue weighted by Gasteiger charge is 2.08. The van der Waals surface area contributed by atoms with Gasteiger partial charge in [-0.15, -0.1) is 0 Å². The fourth-order valence-electron chi connectivity index (χ4n) is 1.52. The van der Waals surface area contributed by atoms with E-state index in [1.54, 1.807) is 30.3 Å². The number of carbonyl (C=O) groups is 1. The minimum absolute atomic E-state index is 0.254. The largest absolute Gasteiger partial charge is 0.322 e. The molecule has 0 heterocycles. The maximum Gasteiger partial charge on any atom is 0.255 e. The molecule has 2 rings (SSSR count). The second-order valence-electron chi connectivity index (χ2n) is 3.92. The van der Waals surface area contributed by atoms with Crippen LogP contribution in [-0.4, -0.2) is 5.91 Å². The summed E-state index contributed by atoms with van der Waals surface area (Å²) in [6.45, 7) is 1.82. The van der Waals surface area contributed by atoms with E-state index in [1.807, 2.05) is 6.92 Å². The van der Waals surface area contributed by atoms with Crippen LogP contribution in [0.15, 0.2) is 46.9 Å². The molecular weight excluding hydrogens is 297 g/mol. The zero-order valence-corrected chi connectivity index (χ0v) is 11.3. The van der Waals surface area contributed by atoms with Crippen molar-refractivity contribution in [2.75, 3.05) is 5.32 Å². The van der Waals surface area contributed by atoms with Crippen LogP contribution in [0.5, 0.6) is 0 Å². The summed E-state index contributed by atoms with van der Waals surface area (Å²) in [6.07, 6.45) is 0. The van der Waals surface area contributed by atoms with Gasteiger partial charge in [-0.25, -0.2) is 4.39 Å². The van der Waals surface area contributed by atoms with Crippen LogP contribution in [0, 0.1) is 12.7 Å². The second-order valence-corrected chi connectivity index (χ2v) is 4.84. The number of aryl methyl sites for hydroxylation is 1. The molecule has 0 unspecified atom stereocenters. The summed E-state index contributed by atoms with van der Waals surface area (Å²) in [5.74, 6) is -0.622. The van der Waals surface area contributed by atoms with E-state index < -0.39 is 0 Å². The Bertz CT molecular complexity index is 581. The molecular formula is C14H11BrFNO. The van der Waals surface area contributed by atoms with Crippen LogP contribution < -0.4 is 5.32 Å². The maximum absolute atomic E-state index is 13.1. The molecule has 0 aliphatic rings. The number of nitrogens with one attached hydrogen (secondary N) is 1. The van der Waals surface area contributed by atoms with Gasteiger partial charge in [-0.1, -0.05) is 22.0 Å². The van der Waals surface area contributed by atoms with E-state index in [9.17, 15) is 9.18 Å². The normalized spacial score (nSPS) is 10.2. The molecule has 0 fully saturated rings. The predicted octanol–water partition coefficient (Wildman–Crippen LogP) is 4.15. The number of hydrogen-bond donors (Lipinski definition) is 1. The highest BCUT2D eigenvalue weighted by Crippen LogP contribution is 2.18. The lowest BCUT2D eigenvalue weighted by molar-refractivity contribution is 0.102. The Labute approximate surface area is 113 Å². The number of amides is 1. The molecule has 4 heteroatoms. The highest BCUT2D eigenvalue weighted by molar-refractivity contribution is 9.10. The van der Waals surface area contributed by atoms with E-state index in [1.165, 1.54) is 12.1 Å². The van der Waals surface area contributed by atoms with Gasteiger partial charge in [0, 0.05) is 15.7 Å². The zero-order valence-electron chi connectivity index (χ0n) is 9.71. The Morgan fingerprint density at radius 3 is 2.50 bits per heavy atom. The fourth-order valence-corrected chi connectivity index (χ4v) is 1.79. The van der Waals surface area contributed by atoms with Crippen molar-refractivity contribution in [2.45, 2.75) is 6.92 Å². The van der Waals surface area contributed by atoms with E-state index in [-0.39, 0.29) is 11.7 Å². The molecule has 0 atom stereocenters. The number of hydrogen-bond acceptors (Lipinski definition) is 1. The number of halogens is 2. The lowest BCUT2D eigenvalue weighted by Gasteiger charge is -2.08. The van der Waals surface area contributed by atoms with Crippen molar-refractivity contribution in [2.24, 2.45) is 0 Å². The van der Waals surface area contributed by atoms with Crippen LogP contribution in [0.1, 0.15) is 15.9 Å². The summed E-state index contributed by atoms with van der Waals surface area (Å²) >= 11 is 3.30. The fraction of sp³-hybridized carbons (Fsp3) is 0.0714. The highest BCUT2D eigenvalue weighted by atomic mass is 79.9. The third-order valence-corrected chi connectivity index (χ3v) is 3.08. The third kappa shape index (κ3) is 2.96. The van der Waals surface area contributed by atoms with Crippen LogP contribution in [0.25, 0.3) is 0 Å². The van der Waals surface area contributed by atoms with Crippen LogP contribution >= 0.6 is 15.9 Å². The quantitative estimate of drug-likeness (QED) is 0.887. The van der Waals surface area contributed by atoms with Crippen molar-refractivity contribution in [3.63, 3.8) is 0 Å². The van der Waals surface area contributed by atoms with Gasteiger partial charge in [-0.3, -0.25) is 4.79 Å². The molecule has 2 aromatic carbocycles. The van der Waals surface area contributed by atoms with Crippen molar-refractivity contribution in [3.8, 4) is 0 Å². The Morgan fingerprint density at radius 1 is 1.17 bits per heavy atom. The van der Waals surface area contributed by atoms with E-state index in [0.29, 0.717) is 11.3 Å². The van der Waals surface area contributed by atoms with Gasteiger partial charge in [-0.2, -0.15) is 0 Å². The van der Waals surface area contributed by atoms with Gasteiger partial charge in [0.2, 0.25) is 0 Å². The van der Waals surface area contributed by atoms with Crippen LogP contribution in [0.3, 0.4) is 0 Å². The first-order chi connectivity index (χ1) is 8.56. The average molecular weight is 308 g/mol. The van der Waals surface area contributed by atoms with Crippen molar-refractivity contribution in [3.05, 3.63) is 63.9 Å². The molecule has 0 radical (unpaired) electrons. The molecule has 92 valence electrons. The molecule has 18 heavy (non-hydrogen) atoms. The number of carbonyl (C=O) groups excluding carboxylic acids is 1. The minimum atomic E-state index is -0.369. The maximum atomic E-state index is 13.1. The molecule has 0 aromatic heterocycles. The number of anilines is 1. The molecule has 0 aliphatic heterocycles. The smallest absolute Gasteiger partial charge is 0.255 e. The van der Waals surface area contributed by atoms with E-state index in [4.69, 9.17) is 0 Å². The Balaban J connectivity index is 2.21. The number of rotatable bonds is 2. The van der Waals surface area contributed by atoms with Crippen LogP contribution in [0.2, 0.25) is 0 Å². The molecule has 1 amide bonds. The molecule has 1 N–H and O–H groups in total. The summed E-state index contributed by atoms with van der Waals surface area (Å²) in [4.78, 5) is 11.9. The first kappa shape index (κ1) is 12.8. The SMILES string of the molecule is Cc1ccc(F)cc1NC(=O)c1ccc(Br)cc1. The summed E-state index contributed by atoms with van der Waals surface area (Å²) in [5, 5.41) is 2.69. The molecule has 0 spiro atoms. The molecule has 0 saturated heterocycles. The van der Waals surface area contributed by atoms with Gasteiger partial charge >= 0.3 is 0 Å². The van der Waals surface area contributed by atoms with Gasteiger partial charge in [0.05, 0.1) is 0 Å². The first-order valence-electron chi connectivity index (χ1n) is 5.39. The molecule has 2 nitrogen and oxygen atoms in total. The summed E-state index contributed by atoms with van der Waals surface area (Å²) in [7, 11) is 0. The summed E-state index contributed by atoms with van der Waals surface area (Å²) < 4.78 is 14.0. The van der Waals surface area contributed by atoms with Gasteiger partial charge in [0.1, 0.15) is 5.82 Å². The van der Waals surface area contributed by atoms with E-state index >= 15 is 0 Å².